The largest absolute Gasteiger partial charge is 0.444 e. The fourth-order valence-electron chi connectivity index (χ4n) is 6.07. The van der Waals surface area contributed by atoms with Crippen molar-refractivity contribution in [2.24, 2.45) is 0 Å². The highest BCUT2D eigenvalue weighted by Crippen LogP contribution is 2.43. The molecule has 1 atom stereocenters. The number of ether oxygens (including phenoxy) is 1. The van der Waals surface area contributed by atoms with Crippen molar-refractivity contribution in [2.45, 2.75) is 57.3 Å². The standard InChI is InChI=1S/C35H37N5O2/c1-34(2,3)42-33(41)39-23-14-13-21-30(39)38-31-29-22-24-40(32(29)37-25-36-31)35(26-15-7-4-8-16-26,27-17-9-5-10-18-27)28-19-11-6-12-20-28/h4-12,15-20,22,24-25,30H,13-14,21,23H2,1-3H3,(H,36,37,38). The predicted molar refractivity (Wildman–Crippen MR) is 166 cm³/mol. The van der Waals surface area contributed by atoms with E-state index in [2.05, 4.69) is 99.9 Å². The van der Waals surface area contributed by atoms with Gasteiger partial charge >= 0.3 is 6.09 Å². The minimum Gasteiger partial charge on any atom is -0.444 e. The number of aromatic nitrogens is 3. The maximum Gasteiger partial charge on any atom is 0.411 e. The van der Waals surface area contributed by atoms with Crippen LogP contribution in [0.3, 0.4) is 0 Å². The molecule has 1 N–H and O–H groups in total. The number of fused-ring (bicyclic) bond motifs is 1. The molecule has 0 aliphatic carbocycles. The molecule has 214 valence electrons. The molecule has 1 aliphatic rings. The quantitative estimate of drug-likeness (QED) is 0.219. The van der Waals surface area contributed by atoms with Crippen LogP contribution in [0.2, 0.25) is 0 Å². The van der Waals surface area contributed by atoms with Gasteiger partial charge in [-0.2, -0.15) is 0 Å². The molecule has 1 aliphatic heterocycles. The third kappa shape index (κ3) is 5.11. The Labute approximate surface area is 247 Å². The molecule has 1 amide bonds. The summed E-state index contributed by atoms with van der Waals surface area (Å²) < 4.78 is 7.99. The van der Waals surface area contributed by atoms with Gasteiger partial charge in [0.05, 0.1) is 5.39 Å². The molecule has 3 aromatic carbocycles. The van der Waals surface area contributed by atoms with Crippen molar-refractivity contribution in [3.63, 3.8) is 0 Å². The number of hydrogen-bond donors (Lipinski definition) is 1. The van der Waals surface area contributed by atoms with Crippen LogP contribution >= 0.6 is 0 Å². The second-order valence-corrected chi connectivity index (χ2v) is 11.8. The molecule has 7 heteroatoms. The fraction of sp³-hybridized carbons (Fsp3) is 0.286. The number of hydrogen-bond acceptors (Lipinski definition) is 5. The molecule has 7 nitrogen and oxygen atoms in total. The maximum atomic E-state index is 13.1. The molecular weight excluding hydrogens is 522 g/mol. The van der Waals surface area contributed by atoms with E-state index >= 15 is 0 Å². The summed E-state index contributed by atoms with van der Waals surface area (Å²) in [6.07, 6.45) is 5.95. The van der Waals surface area contributed by atoms with E-state index in [4.69, 9.17) is 9.72 Å². The van der Waals surface area contributed by atoms with Crippen LogP contribution in [0.5, 0.6) is 0 Å². The summed E-state index contributed by atoms with van der Waals surface area (Å²) in [5.74, 6) is 0.697. The minimum absolute atomic E-state index is 0.225. The zero-order chi connectivity index (χ0) is 29.2. The average molecular weight is 560 g/mol. The monoisotopic (exact) mass is 559 g/mol. The third-order valence-corrected chi connectivity index (χ3v) is 7.85. The van der Waals surface area contributed by atoms with E-state index in [1.807, 2.05) is 39.0 Å². The summed E-state index contributed by atoms with van der Waals surface area (Å²) in [5, 5.41) is 4.47. The van der Waals surface area contributed by atoms with E-state index in [0.717, 1.165) is 47.0 Å². The predicted octanol–water partition coefficient (Wildman–Crippen LogP) is 7.43. The molecular formula is C35H37N5O2. The molecule has 42 heavy (non-hydrogen) atoms. The highest BCUT2D eigenvalue weighted by atomic mass is 16.6. The first-order valence-corrected chi connectivity index (χ1v) is 14.6. The summed E-state index contributed by atoms with van der Waals surface area (Å²) in [6, 6.07) is 33.7. The number of rotatable bonds is 6. The van der Waals surface area contributed by atoms with Gasteiger partial charge in [-0.3, -0.25) is 4.90 Å². The second kappa shape index (κ2) is 11.3. The van der Waals surface area contributed by atoms with Crippen molar-refractivity contribution in [1.29, 1.82) is 0 Å². The van der Waals surface area contributed by atoms with Crippen molar-refractivity contribution in [3.05, 3.63) is 126 Å². The summed E-state index contributed by atoms with van der Waals surface area (Å²) in [6.45, 7) is 6.33. The van der Waals surface area contributed by atoms with Crippen molar-refractivity contribution in [2.75, 3.05) is 11.9 Å². The van der Waals surface area contributed by atoms with Crippen LogP contribution in [-0.4, -0.2) is 43.8 Å². The number of benzene rings is 3. The van der Waals surface area contributed by atoms with Crippen molar-refractivity contribution in [1.82, 2.24) is 19.4 Å². The van der Waals surface area contributed by atoms with Crippen LogP contribution in [0.1, 0.15) is 56.7 Å². The van der Waals surface area contributed by atoms with E-state index < -0.39 is 11.1 Å². The first-order chi connectivity index (χ1) is 20.4. The Hall–Kier alpha value is -4.65. The molecule has 1 fully saturated rings. The topological polar surface area (TPSA) is 72.3 Å². The van der Waals surface area contributed by atoms with E-state index in [-0.39, 0.29) is 12.3 Å². The molecule has 2 aromatic heterocycles. The number of anilines is 1. The van der Waals surface area contributed by atoms with Gasteiger partial charge in [0.1, 0.15) is 35.1 Å². The van der Waals surface area contributed by atoms with Crippen LogP contribution in [0.25, 0.3) is 11.0 Å². The molecule has 1 unspecified atom stereocenters. The zero-order valence-corrected chi connectivity index (χ0v) is 24.4. The Morgan fingerprint density at radius 2 is 1.38 bits per heavy atom. The Balaban J connectivity index is 1.49. The van der Waals surface area contributed by atoms with Gasteiger partial charge in [-0.15, -0.1) is 0 Å². The second-order valence-electron chi connectivity index (χ2n) is 11.8. The van der Waals surface area contributed by atoms with Gasteiger partial charge in [-0.05, 0) is 62.8 Å². The molecule has 0 bridgehead atoms. The van der Waals surface area contributed by atoms with Gasteiger partial charge in [0.15, 0.2) is 0 Å². The Kier molecular flexibility index (Phi) is 7.42. The molecule has 0 radical (unpaired) electrons. The lowest BCUT2D eigenvalue weighted by Crippen LogP contribution is -2.49. The number of carbonyl (C=O) groups excluding carboxylic acids is 1. The number of likely N-dealkylation sites (tertiary alicyclic amines) is 1. The smallest absolute Gasteiger partial charge is 0.411 e. The van der Waals surface area contributed by atoms with Gasteiger partial charge < -0.3 is 14.6 Å². The Bertz CT molecular complexity index is 1550. The van der Waals surface area contributed by atoms with Crippen LogP contribution in [0.15, 0.2) is 110 Å². The summed E-state index contributed by atoms with van der Waals surface area (Å²) in [4.78, 5) is 24.4. The lowest BCUT2D eigenvalue weighted by molar-refractivity contribution is 0.0130. The normalized spacial score (nSPS) is 15.9. The highest BCUT2D eigenvalue weighted by Gasteiger charge is 2.40. The molecule has 1 saturated heterocycles. The molecule has 5 aromatic rings. The number of piperidine rings is 1. The lowest BCUT2D eigenvalue weighted by atomic mass is 9.76. The van der Waals surface area contributed by atoms with Gasteiger partial charge in [0, 0.05) is 12.7 Å². The number of nitrogens with zero attached hydrogens (tertiary/aromatic N) is 4. The first kappa shape index (κ1) is 27.5. The van der Waals surface area contributed by atoms with Crippen molar-refractivity contribution >= 4 is 22.9 Å². The van der Waals surface area contributed by atoms with E-state index in [1.165, 1.54) is 0 Å². The summed E-state index contributed by atoms with van der Waals surface area (Å²) >= 11 is 0. The Morgan fingerprint density at radius 1 is 0.810 bits per heavy atom. The van der Waals surface area contributed by atoms with Gasteiger partial charge in [0.2, 0.25) is 0 Å². The van der Waals surface area contributed by atoms with E-state index in [1.54, 1.807) is 11.2 Å². The molecule has 6 rings (SSSR count). The van der Waals surface area contributed by atoms with Crippen molar-refractivity contribution < 1.29 is 9.53 Å². The van der Waals surface area contributed by atoms with Crippen molar-refractivity contribution in [3.8, 4) is 0 Å². The van der Waals surface area contributed by atoms with Gasteiger partial charge in [0.25, 0.3) is 0 Å². The highest BCUT2D eigenvalue weighted by molar-refractivity contribution is 5.88. The Morgan fingerprint density at radius 3 is 1.93 bits per heavy atom. The van der Waals surface area contributed by atoms with E-state index in [0.29, 0.717) is 12.4 Å². The molecule has 0 saturated carbocycles. The van der Waals surface area contributed by atoms with E-state index in [9.17, 15) is 4.79 Å². The fourth-order valence-corrected chi connectivity index (χ4v) is 6.07. The summed E-state index contributed by atoms with van der Waals surface area (Å²) in [7, 11) is 0. The van der Waals surface area contributed by atoms with Crippen LogP contribution < -0.4 is 5.32 Å². The third-order valence-electron chi connectivity index (χ3n) is 7.85. The number of nitrogens with one attached hydrogen (secondary N) is 1. The van der Waals surface area contributed by atoms with Gasteiger partial charge in [-0.25, -0.2) is 14.8 Å². The minimum atomic E-state index is -0.690. The average Bonchev–Trinajstić information content (AvgIpc) is 3.44. The van der Waals surface area contributed by atoms with Crippen LogP contribution in [0.4, 0.5) is 10.6 Å². The number of amides is 1. The van der Waals surface area contributed by atoms with Gasteiger partial charge in [-0.1, -0.05) is 91.0 Å². The molecule has 0 spiro atoms. The zero-order valence-electron chi connectivity index (χ0n) is 24.4. The van der Waals surface area contributed by atoms with Crippen LogP contribution in [-0.2, 0) is 10.3 Å². The summed E-state index contributed by atoms with van der Waals surface area (Å²) in [5.41, 5.74) is 2.91. The van der Waals surface area contributed by atoms with Crippen LogP contribution in [0, 0.1) is 0 Å². The first-order valence-electron chi connectivity index (χ1n) is 14.6. The number of carbonyl (C=O) groups is 1. The SMILES string of the molecule is CC(C)(C)OC(=O)N1CCCCC1Nc1ncnc2c1ccn2C(c1ccccc1)(c1ccccc1)c1ccccc1. The lowest BCUT2D eigenvalue weighted by Gasteiger charge is -2.38. The molecule has 3 heterocycles. The maximum absolute atomic E-state index is 13.1.